The van der Waals surface area contributed by atoms with Crippen LogP contribution in [-0.4, -0.2) is 5.78 Å². The number of carbonyl (C=O) groups excluding carboxylic acids is 1. The zero-order chi connectivity index (χ0) is 7.56. The Labute approximate surface area is 64.6 Å². The topological polar surface area (TPSA) is 17.1 Å². The highest BCUT2D eigenvalue weighted by atomic mass is 35.5. The molecule has 10 heavy (non-hydrogen) atoms. The summed E-state index contributed by atoms with van der Waals surface area (Å²) < 4.78 is 0. The third-order valence-electron chi connectivity index (χ3n) is 1.25. The molecule has 0 radical (unpaired) electrons. The van der Waals surface area contributed by atoms with Crippen LogP contribution in [0, 0.1) is 0 Å². The van der Waals surface area contributed by atoms with Gasteiger partial charge in [0.15, 0.2) is 5.78 Å². The highest BCUT2D eigenvalue weighted by molar-refractivity contribution is 6.30. The van der Waals surface area contributed by atoms with Gasteiger partial charge in [-0.1, -0.05) is 11.6 Å². The monoisotopic (exact) mass is 153 g/mol. The summed E-state index contributed by atoms with van der Waals surface area (Å²) in [5.74, 6) is 0.0664. The molecule has 0 fully saturated rings. The Hall–Kier alpha value is -0.820. The van der Waals surface area contributed by atoms with Crippen molar-refractivity contribution >= 4 is 17.4 Å². The molecule has 1 nitrogen and oxygen atoms in total. The molecule has 0 N–H and O–H groups in total. The highest BCUT2D eigenvalue weighted by Gasteiger charge is 1.95. The lowest BCUT2D eigenvalue weighted by Crippen LogP contribution is -1.89. The van der Waals surface area contributed by atoms with Gasteiger partial charge in [0.05, 0.1) is 0 Å². The maximum atomic E-state index is 10.7. The Morgan fingerprint density at radius 2 is 1.80 bits per heavy atom. The molecule has 52 valence electrons. The molecule has 0 aliphatic heterocycles. The molecule has 0 unspecified atom stereocenters. The van der Waals surface area contributed by atoms with E-state index in [1.165, 1.54) is 6.92 Å². The maximum absolute atomic E-state index is 10.7. The summed E-state index contributed by atoms with van der Waals surface area (Å²) in [6.45, 7) is 1.53. The van der Waals surface area contributed by atoms with Crippen LogP contribution in [0.1, 0.15) is 17.3 Å². The van der Waals surface area contributed by atoms with Gasteiger partial charge in [-0.2, -0.15) is 0 Å². The summed E-state index contributed by atoms with van der Waals surface area (Å²) in [4.78, 5) is 10.7. The van der Waals surface area contributed by atoms with Crippen LogP contribution in [0.3, 0.4) is 0 Å². The minimum atomic E-state index is 0.0664. The Bertz CT molecular complexity index is 238. The lowest BCUT2D eigenvalue weighted by molar-refractivity contribution is 0.101. The number of ketones is 1. The summed E-state index contributed by atoms with van der Waals surface area (Å²) in [5, 5.41) is 0.657. The van der Waals surface area contributed by atoms with Crippen molar-refractivity contribution < 1.29 is 4.79 Å². The number of hydrogen-bond donors (Lipinski definition) is 0. The summed E-state index contributed by atoms with van der Waals surface area (Å²) in [5.41, 5.74) is 0.699. The number of benzene rings is 1. The fraction of sp³-hybridized carbons (Fsp3) is 0.125. The van der Waals surface area contributed by atoms with Crippen molar-refractivity contribution in [2.75, 3.05) is 0 Å². The largest absolute Gasteiger partial charge is 0.295 e. The second-order valence-corrected chi connectivity index (χ2v) is 2.50. The SMILES string of the molecule is [11CH3]C(=O)c1ccc(Cl)cc1. The molecule has 0 amide bonds. The van der Waals surface area contributed by atoms with Crippen LogP contribution in [0.25, 0.3) is 0 Å². The minimum Gasteiger partial charge on any atom is -0.295 e. The zero-order valence-corrected chi connectivity index (χ0v) is 6.35. The molecule has 0 aliphatic carbocycles. The Balaban J connectivity index is 3.00. The number of halogens is 1. The normalized spacial score (nSPS) is 9.40. The van der Waals surface area contributed by atoms with Crippen molar-refractivity contribution in [3.63, 3.8) is 0 Å². The highest BCUT2D eigenvalue weighted by Crippen LogP contribution is 2.09. The lowest BCUT2D eigenvalue weighted by atomic mass is 10.0. The van der Waals surface area contributed by atoms with E-state index in [2.05, 4.69) is 0 Å². The smallest absolute Gasteiger partial charge is 0.159 e. The van der Waals surface area contributed by atoms with Gasteiger partial charge in [0.1, 0.15) is 0 Å². The third kappa shape index (κ3) is 1.58. The van der Waals surface area contributed by atoms with Crippen molar-refractivity contribution in [3.05, 3.63) is 34.9 Å². The number of rotatable bonds is 1. The van der Waals surface area contributed by atoms with E-state index in [1.807, 2.05) is 0 Å². The van der Waals surface area contributed by atoms with Crippen LogP contribution < -0.4 is 0 Å². The third-order valence-corrected chi connectivity index (χ3v) is 1.50. The molecule has 1 aromatic carbocycles. The van der Waals surface area contributed by atoms with E-state index in [4.69, 9.17) is 11.6 Å². The summed E-state index contributed by atoms with van der Waals surface area (Å²) in [6, 6.07) is 6.84. The first-order valence-corrected chi connectivity index (χ1v) is 3.34. The predicted molar refractivity (Wildman–Crippen MR) is 41.5 cm³/mol. The average molecular weight is 154 g/mol. The van der Waals surface area contributed by atoms with E-state index in [9.17, 15) is 4.79 Å². The molecule has 0 spiro atoms. The van der Waals surface area contributed by atoms with Gasteiger partial charge in [0, 0.05) is 10.6 Å². The average Bonchev–Trinajstić information content (AvgIpc) is 1.88. The van der Waals surface area contributed by atoms with E-state index in [0.29, 0.717) is 10.6 Å². The van der Waals surface area contributed by atoms with Gasteiger partial charge >= 0.3 is 0 Å². The molecular formula is C8H7ClO. The van der Waals surface area contributed by atoms with Gasteiger partial charge in [0.2, 0.25) is 0 Å². The van der Waals surface area contributed by atoms with Gasteiger partial charge < -0.3 is 0 Å². The zero-order valence-electron chi connectivity index (χ0n) is 5.60. The van der Waals surface area contributed by atoms with Crippen LogP contribution in [0.4, 0.5) is 0 Å². The number of Topliss-reactive ketones (excluding diaryl/α,β-unsaturated/α-hetero) is 1. The second-order valence-electron chi connectivity index (χ2n) is 2.06. The van der Waals surface area contributed by atoms with Crippen LogP contribution in [-0.2, 0) is 0 Å². The van der Waals surface area contributed by atoms with Crippen molar-refractivity contribution in [1.82, 2.24) is 0 Å². The molecule has 1 rings (SSSR count). The summed E-state index contributed by atoms with van der Waals surface area (Å²) in [6.07, 6.45) is 0. The molecule has 0 saturated heterocycles. The van der Waals surface area contributed by atoms with Gasteiger partial charge in [-0.05, 0) is 31.2 Å². The molecule has 0 heterocycles. The Morgan fingerprint density at radius 1 is 1.30 bits per heavy atom. The molecule has 1 aromatic rings. The van der Waals surface area contributed by atoms with Gasteiger partial charge in [-0.3, -0.25) is 4.79 Å². The van der Waals surface area contributed by atoms with Gasteiger partial charge in [0.25, 0.3) is 0 Å². The Kier molecular flexibility index (Phi) is 2.07. The van der Waals surface area contributed by atoms with Crippen LogP contribution in [0.2, 0.25) is 5.02 Å². The number of hydrogen-bond acceptors (Lipinski definition) is 1. The summed E-state index contributed by atoms with van der Waals surface area (Å²) in [7, 11) is 0. The van der Waals surface area contributed by atoms with Crippen molar-refractivity contribution in [1.29, 1.82) is 0 Å². The van der Waals surface area contributed by atoms with Gasteiger partial charge in [-0.15, -0.1) is 0 Å². The quantitative estimate of drug-likeness (QED) is 0.567. The lowest BCUT2D eigenvalue weighted by Gasteiger charge is -1.92. The minimum absolute atomic E-state index is 0.0664. The van der Waals surface area contributed by atoms with E-state index in [0.717, 1.165) is 0 Å². The first kappa shape index (κ1) is 7.29. The van der Waals surface area contributed by atoms with Crippen molar-refractivity contribution in [3.8, 4) is 0 Å². The van der Waals surface area contributed by atoms with Gasteiger partial charge in [-0.25, -0.2) is 0 Å². The first-order valence-electron chi connectivity index (χ1n) is 2.96. The molecule has 0 bridgehead atoms. The van der Waals surface area contributed by atoms with Crippen LogP contribution in [0.5, 0.6) is 0 Å². The van der Waals surface area contributed by atoms with Crippen LogP contribution in [0.15, 0.2) is 24.3 Å². The standard InChI is InChI=1S/C8H7ClO/c1-6(10)7-2-4-8(9)5-3-7/h2-5H,1H3/i1-1. The molecule has 0 aromatic heterocycles. The molecule has 0 saturated carbocycles. The fourth-order valence-corrected chi connectivity index (χ4v) is 0.811. The van der Waals surface area contributed by atoms with E-state index >= 15 is 0 Å². The van der Waals surface area contributed by atoms with Crippen molar-refractivity contribution in [2.24, 2.45) is 0 Å². The summed E-state index contributed by atoms with van der Waals surface area (Å²) >= 11 is 5.61. The fourth-order valence-electron chi connectivity index (χ4n) is 0.685. The number of carbonyl (C=O) groups is 1. The molecule has 0 atom stereocenters. The predicted octanol–water partition coefficient (Wildman–Crippen LogP) is 2.54. The van der Waals surface area contributed by atoms with E-state index in [1.54, 1.807) is 24.3 Å². The first-order chi connectivity index (χ1) is 4.70. The van der Waals surface area contributed by atoms with Crippen LogP contribution >= 0.6 is 11.6 Å². The maximum Gasteiger partial charge on any atom is 0.159 e. The Morgan fingerprint density at radius 3 is 2.20 bits per heavy atom. The van der Waals surface area contributed by atoms with Crippen molar-refractivity contribution in [2.45, 2.75) is 6.92 Å². The molecule has 0 aliphatic rings. The van der Waals surface area contributed by atoms with E-state index < -0.39 is 0 Å². The molecular weight excluding hydrogens is 147 g/mol. The molecule has 2 heteroatoms. The second kappa shape index (κ2) is 2.84. The van der Waals surface area contributed by atoms with E-state index in [-0.39, 0.29) is 5.78 Å².